The van der Waals surface area contributed by atoms with Crippen LogP contribution in [-0.2, 0) is 14.3 Å². The third kappa shape index (κ3) is 7.14. The molecule has 0 saturated carbocycles. The fourth-order valence-electron chi connectivity index (χ4n) is 2.34. The number of ether oxygens (including phenoxy) is 1. The zero-order chi connectivity index (χ0) is 16.8. The first-order valence-electron chi connectivity index (χ1n) is 7.31. The third-order valence-electron chi connectivity index (χ3n) is 2.79. The van der Waals surface area contributed by atoms with Crippen LogP contribution in [0.1, 0.15) is 55.4 Å². The number of hydrogen-bond donors (Lipinski definition) is 1. The van der Waals surface area contributed by atoms with E-state index in [0.29, 0.717) is 0 Å². The zero-order valence-corrected chi connectivity index (χ0v) is 14.6. The standard InChI is InChI=1S/C17H29NO3/c1-9-21-15(20)13(18-12(2)19)10-11-14(16(3,4)5)17(6,7)8/h10,13H,9H2,1-8H3,(H,18,19). The number of esters is 1. The number of amides is 1. The summed E-state index contributed by atoms with van der Waals surface area (Å²) in [5, 5.41) is 2.58. The molecule has 21 heavy (non-hydrogen) atoms. The van der Waals surface area contributed by atoms with Gasteiger partial charge in [0.25, 0.3) is 0 Å². The number of carbonyl (C=O) groups is 2. The molecule has 0 fully saturated rings. The molecule has 120 valence electrons. The Hall–Kier alpha value is -1.54. The van der Waals surface area contributed by atoms with E-state index in [1.807, 2.05) is 0 Å². The van der Waals surface area contributed by atoms with E-state index >= 15 is 0 Å². The van der Waals surface area contributed by atoms with Gasteiger partial charge in [0, 0.05) is 6.92 Å². The summed E-state index contributed by atoms with van der Waals surface area (Å²) in [5.74, 6) is -0.749. The van der Waals surface area contributed by atoms with Crippen molar-refractivity contribution in [2.24, 2.45) is 10.8 Å². The lowest BCUT2D eigenvalue weighted by atomic mass is 9.72. The van der Waals surface area contributed by atoms with E-state index in [4.69, 9.17) is 4.74 Å². The second kappa shape index (κ2) is 7.46. The van der Waals surface area contributed by atoms with Gasteiger partial charge in [0.1, 0.15) is 0 Å². The summed E-state index contributed by atoms with van der Waals surface area (Å²) in [6.07, 6.45) is 1.59. The van der Waals surface area contributed by atoms with Crippen molar-refractivity contribution in [1.29, 1.82) is 0 Å². The van der Waals surface area contributed by atoms with Crippen LogP contribution in [0, 0.1) is 10.8 Å². The molecular formula is C17H29NO3. The fraction of sp³-hybridized carbons (Fsp3) is 0.706. The lowest BCUT2D eigenvalue weighted by Gasteiger charge is -2.32. The van der Waals surface area contributed by atoms with Crippen molar-refractivity contribution in [1.82, 2.24) is 5.32 Å². The average Bonchev–Trinajstić information content (AvgIpc) is 2.23. The quantitative estimate of drug-likeness (QED) is 0.640. The molecule has 0 aromatic heterocycles. The van der Waals surface area contributed by atoms with E-state index in [-0.39, 0.29) is 23.3 Å². The predicted molar refractivity (Wildman–Crippen MR) is 84.7 cm³/mol. The van der Waals surface area contributed by atoms with Gasteiger partial charge in [-0.2, -0.15) is 0 Å². The predicted octanol–water partition coefficient (Wildman–Crippen LogP) is 3.23. The molecule has 0 aliphatic heterocycles. The molecule has 1 amide bonds. The van der Waals surface area contributed by atoms with Crippen molar-refractivity contribution >= 4 is 11.9 Å². The summed E-state index contributed by atoms with van der Waals surface area (Å²) >= 11 is 0. The van der Waals surface area contributed by atoms with Gasteiger partial charge >= 0.3 is 5.97 Å². The Balaban J connectivity index is 5.66. The molecule has 1 atom stereocenters. The van der Waals surface area contributed by atoms with E-state index in [1.54, 1.807) is 13.0 Å². The lowest BCUT2D eigenvalue weighted by Crippen LogP contribution is -2.39. The van der Waals surface area contributed by atoms with Gasteiger partial charge in [-0.3, -0.25) is 4.79 Å². The molecule has 1 N–H and O–H groups in total. The minimum atomic E-state index is -0.804. The first-order valence-corrected chi connectivity index (χ1v) is 7.31. The van der Waals surface area contributed by atoms with Crippen LogP contribution >= 0.6 is 0 Å². The first-order chi connectivity index (χ1) is 9.39. The summed E-state index contributed by atoms with van der Waals surface area (Å²) < 4.78 is 4.97. The van der Waals surface area contributed by atoms with Crippen LogP contribution in [0.15, 0.2) is 17.4 Å². The monoisotopic (exact) mass is 295 g/mol. The van der Waals surface area contributed by atoms with Crippen LogP contribution in [0.25, 0.3) is 0 Å². The van der Waals surface area contributed by atoms with E-state index in [0.717, 1.165) is 5.57 Å². The zero-order valence-electron chi connectivity index (χ0n) is 14.6. The minimum Gasteiger partial charge on any atom is -0.464 e. The summed E-state index contributed by atoms with van der Waals surface area (Å²) in [7, 11) is 0. The highest BCUT2D eigenvalue weighted by atomic mass is 16.5. The SMILES string of the molecule is CCOC(=O)C(C=C=C(C(C)(C)C)C(C)(C)C)NC(C)=O. The van der Waals surface area contributed by atoms with Gasteiger partial charge in [0.05, 0.1) is 6.61 Å². The van der Waals surface area contributed by atoms with Crippen molar-refractivity contribution < 1.29 is 14.3 Å². The molecule has 0 saturated heterocycles. The van der Waals surface area contributed by atoms with Gasteiger partial charge in [-0.25, -0.2) is 4.79 Å². The van der Waals surface area contributed by atoms with Crippen molar-refractivity contribution in [2.45, 2.75) is 61.4 Å². The molecule has 4 nitrogen and oxygen atoms in total. The molecule has 4 heteroatoms. The van der Waals surface area contributed by atoms with E-state index < -0.39 is 12.0 Å². The molecule has 0 bridgehead atoms. The number of hydrogen-bond acceptors (Lipinski definition) is 3. The average molecular weight is 295 g/mol. The van der Waals surface area contributed by atoms with Crippen molar-refractivity contribution in [2.75, 3.05) is 6.61 Å². The van der Waals surface area contributed by atoms with E-state index in [2.05, 4.69) is 52.6 Å². The third-order valence-corrected chi connectivity index (χ3v) is 2.79. The number of carbonyl (C=O) groups excluding carboxylic acids is 2. The Morgan fingerprint density at radius 3 is 1.95 bits per heavy atom. The van der Waals surface area contributed by atoms with Gasteiger partial charge in [-0.1, -0.05) is 41.5 Å². The van der Waals surface area contributed by atoms with Crippen molar-refractivity contribution in [3.05, 3.63) is 17.4 Å². The maximum Gasteiger partial charge on any atom is 0.333 e. The van der Waals surface area contributed by atoms with Gasteiger partial charge in [0.2, 0.25) is 5.91 Å². The van der Waals surface area contributed by atoms with Crippen LogP contribution in [-0.4, -0.2) is 24.5 Å². The largest absolute Gasteiger partial charge is 0.464 e. The van der Waals surface area contributed by atoms with Gasteiger partial charge in [-0.15, -0.1) is 5.73 Å². The minimum absolute atomic E-state index is 0.0792. The normalized spacial score (nSPS) is 13.0. The van der Waals surface area contributed by atoms with Crippen molar-refractivity contribution in [3.63, 3.8) is 0 Å². The summed E-state index contributed by atoms with van der Waals surface area (Å²) in [5.41, 5.74) is 4.14. The van der Waals surface area contributed by atoms with Crippen LogP contribution in [0.3, 0.4) is 0 Å². The van der Waals surface area contributed by atoms with E-state index in [9.17, 15) is 9.59 Å². The Kier molecular flexibility index (Phi) is 6.92. The van der Waals surface area contributed by atoms with Crippen LogP contribution in [0.2, 0.25) is 0 Å². The maximum atomic E-state index is 11.9. The lowest BCUT2D eigenvalue weighted by molar-refractivity contribution is -0.145. The van der Waals surface area contributed by atoms with Crippen LogP contribution < -0.4 is 5.32 Å². The van der Waals surface area contributed by atoms with Crippen LogP contribution in [0.5, 0.6) is 0 Å². The molecule has 0 spiro atoms. The molecule has 0 aliphatic carbocycles. The fourth-order valence-corrected chi connectivity index (χ4v) is 2.34. The second-order valence-corrected chi connectivity index (χ2v) is 7.12. The van der Waals surface area contributed by atoms with Gasteiger partial charge in [-0.05, 0) is 29.4 Å². The Morgan fingerprint density at radius 2 is 1.62 bits per heavy atom. The molecule has 0 radical (unpaired) electrons. The number of rotatable bonds is 4. The molecule has 0 aliphatic rings. The Bertz CT molecular complexity index is 428. The van der Waals surface area contributed by atoms with Crippen LogP contribution in [0.4, 0.5) is 0 Å². The van der Waals surface area contributed by atoms with Gasteiger partial charge in [0.15, 0.2) is 6.04 Å². The summed E-state index contributed by atoms with van der Waals surface area (Å²) in [4.78, 5) is 23.1. The number of nitrogens with one attached hydrogen (secondary N) is 1. The maximum absolute atomic E-state index is 11.9. The molecule has 0 heterocycles. The topological polar surface area (TPSA) is 55.4 Å². The molecule has 1 unspecified atom stereocenters. The first kappa shape index (κ1) is 19.5. The highest BCUT2D eigenvalue weighted by Gasteiger charge is 2.28. The Labute approximate surface area is 128 Å². The van der Waals surface area contributed by atoms with Crippen molar-refractivity contribution in [3.8, 4) is 0 Å². The van der Waals surface area contributed by atoms with E-state index in [1.165, 1.54) is 6.92 Å². The summed E-state index contributed by atoms with van der Waals surface area (Å²) in [6.45, 7) is 16.0. The highest BCUT2D eigenvalue weighted by molar-refractivity contribution is 5.84. The smallest absolute Gasteiger partial charge is 0.333 e. The molecule has 0 aromatic rings. The highest BCUT2D eigenvalue weighted by Crippen LogP contribution is 2.38. The molecular weight excluding hydrogens is 266 g/mol. The Morgan fingerprint density at radius 1 is 1.14 bits per heavy atom. The molecule has 0 aromatic carbocycles. The van der Waals surface area contributed by atoms with Gasteiger partial charge < -0.3 is 10.1 Å². The second-order valence-electron chi connectivity index (χ2n) is 7.12. The summed E-state index contributed by atoms with van der Waals surface area (Å²) in [6, 6.07) is -0.804. The molecule has 0 rings (SSSR count).